The number of benzene rings is 1. The second-order valence-corrected chi connectivity index (χ2v) is 7.10. The molecule has 0 radical (unpaired) electrons. The highest BCUT2D eigenvalue weighted by molar-refractivity contribution is 5.97. The minimum Gasteiger partial charge on any atom is -0.483 e. The largest absolute Gasteiger partial charge is 0.483 e. The summed E-state index contributed by atoms with van der Waals surface area (Å²) in [5.41, 5.74) is 6.11. The monoisotopic (exact) mass is 330 g/mol. The lowest BCUT2D eigenvalue weighted by atomic mass is 9.68. The SMILES string of the molecule is NC(=O)COc1ccccc1C(=O)N1CCC2(CCCCC2)CC1. The number of likely N-dealkylation sites (tertiary alicyclic amines) is 1. The van der Waals surface area contributed by atoms with Crippen LogP contribution in [0.2, 0.25) is 0 Å². The average Bonchev–Trinajstić information content (AvgIpc) is 2.61. The summed E-state index contributed by atoms with van der Waals surface area (Å²) in [6.45, 7) is 1.40. The van der Waals surface area contributed by atoms with Crippen LogP contribution in [0.15, 0.2) is 24.3 Å². The Kier molecular flexibility index (Phi) is 5.07. The van der Waals surface area contributed by atoms with Gasteiger partial charge in [-0.2, -0.15) is 0 Å². The van der Waals surface area contributed by atoms with E-state index in [4.69, 9.17) is 10.5 Å². The Bertz CT molecular complexity index is 598. The molecule has 0 bridgehead atoms. The lowest BCUT2D eigenvalue weighted by Crippen LogP contribution is -2.44. The molecule has 1 aliphatic carbocycles. The number of hydrogen-bond donors (Lipinski definition) is 1. The van der Waals surface area contributed by atoms with Crippen LogP contribution in [-0.4, -0.2) is 36.4 Å². The number of nitrogens with zero attached hydrogens (tertiary/aromatic N) is 1. The maximum absolute atomic E-state index is 12.9. The first kappa shape index (κ1) is 16.8. The maximum atomic E-state index is 12.9. The third-order valence-electron chi connectivity index (χ3n) is 5.51. The fraction of sp³-hybridized carbons (Fsp3) is 0.579. The van der Waals surface area contributed by atoms with Crippen molar-refractivity contribution in [2.45, 2.75) is 44.9 Å². The number of carbonyl (C=O) groups excluding carboxylic acids is 2. The van der Waals surface area contributed by atoms with Crippen molar-refractivity contribution in [3.63, 3.8) is 0 Å². The molecule has 130 valence electrons. The third kappa shape index (κ3) is 3.71. The first-order chi connectivity index (χ1) is 11.6. The number of nitrogens with two attached hydrogens (primary N) is 1. The van der Waals surface area contributed by atoms with Crippen molar-refractivity contribution < 1.29 is 14.3 Å². The molecular weight excluding hydrogens is 304 g/mol. The molecule has 1 aromatic rings. The molecule has 0 aromatic heterocycles. The number of para-hydroxylation sites is 1. The number of rotatable bonds is 4. The summed E-state index contributed by atoms with van der Waals surface area (Å²) >= 11 is 0. The molecule has 24 heavy (non-hydrogen) atoms. The standard InChI is InChI=1S/C19H26N2O3/c20-17(22)14-24-16-7-3-2-6-15(16)18(23)21-12-10-19(11-13-21)8-4-1-5-9-19/h2-3,6-7H,1,4-5,8-14H2,(H2,20,22). The van der Waals surface area contributed by atoms with E-state index in [1.807, 2.05) is 11.0 Å². The molecule has 5 heteroatoms. The van der Waals surface area contributed by atoms with Gasteiger partial charge in [-0.05, 0) is 43.2 Å². The van der Waals surface area contributed by atoms with Crippen LogP contribution in [0, 0.1) is 5.41 Å². The number of hydrogen-bond acceptors (Lipinski definition) is 3. The molecule has 1 aliphatic heterocycles. The molecule has 1 saturated heterocycles. The van der Waals surface area contributed by atoms with E-state index >= 15 is 0 Å². The molecule has 1 aromatic carbocycles. The van der Waals surface area contributed by atoms with Gasteiger partial charge in [0.2, 0.25) is 0 Å². The lowest BCUT2D eigenvalue weighted by molar-refractivity contribution is -0.119. The molecule has 2 aliphatic rings. The van der Waals surface area contributed by atoms with E-state index in [0.29, 0.717) is 16.7 Å². The molecule has 1 spiro atoms. The van der Waals surface area contributed by atoms with Gasteiger partial charge in [0.1, 0.15) is 5.75 Å². The molecule has 3 rings (SSSR count). The van der Waals surface area contributed by atoms with Crippen LogP contribution >= 0.6 is 0 Å². The topological polar surface area (TPSA) is 72.6 Å². The van der Waals surface area contributed by atoms with Crippen molar-refractivity contribution in [3.05, 3.63) is 29.8 Å². The number of piperidine rings is 1. The maximum Gasteiger partial charge on any atom is 0.257 e. The predicted octanol–water partition coefficient (Wildman–Crippen LogP) is 2.74. The Morgan fingerprint density at radius 1 is 1.04 bits per heavy atom. The summed E-state index contributed by atoms with van der Waals surface area (Å²) in [5, 5.41) is 0. The lowest BCUT2D eigenvalue weighted by Gasteiger charge is -2.44. The minimum atomic E-state index is -0.547. The van der Waals surface area contributed by atoms with Crippen LogP contribution in [0.25, 0.3) is 0 Å². The Morgan fingerprint density at radius 2 is 1.71 bits per heavy atom. The molecule has 2 amide bonds. The molecule has 1 heterocycles. The van der Waals surface area contributed by atoms with Crippen LogP contribution < -0.4 is 10.5 Å². The van der Waals surface area contributed by atoms with Gasteiger partial charge in [0.25, 0.3) is 11.8 Å². The molecule has 0 atom stereocenters. The molecule has 5 nitrogen and oxygen atoms in total. The zero-order valence-corrected chi connectivity index (χ0v) is 14.1. The van der Waals surface area contributed by atoms with Crippen molar-refractivity contribution in [3.8, 4) is 5.75 Å². The van der Waals surface area contributed by atoms with Crippen LogP contribution in [0.1, 0.15) is 55.3 Å². The van der Waals surface area contributed by atoms with Gasteiger partial charge < -0.3 is 15.4 Å². The molecular formula is C19H26N2O3. The third-order valence-corrected chi connectivity index (χ3v) is 5.51. The Morgan fingerprint density at radius 3 is 2.38 bits per heavy atom. The van der Waals surface area contributed by atoms with E-state index in [2.05, 4.69) is 0 Å². The fourth-order valence-electron chi connectivity index (χ4n) is 4.07. The van der Waals surface area contributed by atoms with E-state index < -0.39 is 5.91 Å². The molecule has 1 saturated carbocycles. The zero-order valence-electron chi connectivity index (χ0n) is 14.1. The Labute approximate surface area is 143 Å². The molecule has 2 fully saturated rings. The van der Waals surface area contributed by atoms with Gasteiger partial charge in [0.05, 0.1) is 5.56 Å². The van der Waals surface area contributed by atoms with E-state index in [9.17, 15) is 9.59 Å². The van der Waals surface area contributed by atoms with Gasteiger partial charge in [0, 0.05) is 13.1 Å². The number of amides is 2. The van der Waals surface area contributed by atoms with E-state index in [1.165, 1.54) is 32.1 Å². The van der Waals surface area contributed by atoms with Crippen LogP contribution in [0.3, 0.4) is 0 Å². The summed E-state index contributed by atoms with van der Waals surface area (Å²) in [6, 6.07) is 7.07. The summed E-state index contributed by atoms with van der Waals surface area (Å²) in [7, 11) is 0. The summed E-state index contributed by atoms with van der Waals surface area (Å²) in [6.07, 6.45) is 8.84. The Balaban J connectivity index is 1.66. The van der Waals surface area contributed by atoms with Gasteiger partial charge in [-0.3, -0.25) is 9.59 Å². The average molecular weight is 330 g/mol. The predicted molar refractivity (Wildman–Crippen MR) is 91.8 cm³/mol. The van der Waals surface area contributed by atoms with E-state index in [1.54, 1.807) is 18.2 Å². The van der Waals surface area contributed by atoms with Crippen LogP contribution in [-0.2, 0) is 4.79 Å². The van der Waals surface area contributed by atoms with Crippen molar-refractivity contribution in [1.82, 2.24) is 4.90 Å². The van der Waals surface area contributed by atoms with Gasteiger partial charge >= 0.3 is 0 Å². The van der Waals surface area contributed by atoms with Crippen LogP contribution in [0.5, 0.6) is 5.75 Å². The van der Waals surface area contributed by atoms with Gasteiger partial charge in [-0.15, -0.1) is 0 Å². The summed E-state index contributed by atoms with van der Waals surface area (Å²) in [5.74, 6) is -0.130. The van der Waals surface area contributed by atoms with Crippen molar-refractivity contribution in [1.29, 1.82) is 0 Å². The minimum absolute atomic E-state index is 0.0132. The van der Waals surface area contributed by atoms with Crippen molar-refractivity contribution >= 4 is 11.8 Å². The number of carbonyl (C=O) groups is 2. The second kappa shape index (κ2) is 7.24. The second-order valence-electron chi connectivity index (χ2n) is 7.10. The van der Waals surface area contributed by atoms with Crippen LogP contribution in [0.4, 0.5) is 0 Å². The first-order valence-electron chi connectivity index (χ1n) is 8.89. The molecule has 2 N–H and O–H groups in total. The number of primary amides is 1. The van der Waals surface area contributed by atoms with Gasteiger partial charge in [0.15, 0.2) is 6.61 Å². The van der Waals surface area contributed by atoms with E-state index in [-0.39, 0.29) is 12.5 Å². The fourth-order valence-corrected chi connectivity index (χ4v) is 4.07. The first-order valence-corrected chi connectivity index (χ1v) is 8.89. The summed E-state index contributed by atoms with van der Waals surface area (Å²) < 4.78 is 5.40. The van der Waals surface area contributed by atoms with Gasteiger partial charge in [-0.1, -0.05) is 31.4 Å². The zero-order chi connectivity index (χ0) is 17.0. The van der Waals surface area contributed by atoms with Gasteiger partial charge in [-0.25, -0.2) is 0 Å². The molecule has 0 unspecified atom stereocenters. The summed E-state index contributed by atoms with van der Waals surface area (Å²) in [4.78, 5) is 25.7. The van der Waals surface area contributed by atoms with Crippen molar-refractivity contribution in [2.75, 3.05) is 19.7 Å². The Hall–Kier alpha value is -2.04. The normalized spacial score (nSPS) is 19.9. The highest BCUT2D eigenvalue weighted by atomic mass is 16.5. The quantitative estimate of drug-likeness (QED) is 0.922. The van der Waals surface area contributed by atoms with Crippen molar-refractivity contribution in [2.24, 2.45) is 11.1 Å². The number of ether oxygens (including phenoxy) is 1. The van der Waals surface area contributed by atoms with E-state index in [0.717, 1.165) is 25.9 Å². The highest BCUT2D eigenvalue weighted by Gasteiger charge is 2.37. The highest BCUT2D eigenvalue weighted by Crippen LogP contribution is 2.44. The smallest absolute Gasteiger partial charge is 0.257 e.